The minimum atomic E-state index is -0.0720. The van der Waals surface area contributed by atoms with Crippen molar-refractivity contribution in [3.8, 4) is 0 Å². The molecule has 4 heteroatoms. The zero-order valence-corrected chi connectivity index (χ0v) is 14.2. The van der Waals surface area contributed by atoms with Gasteiger partial charge in [0, 0.05) is 5.41 Å². The summed E-state index contributed by atoms with van der Waals surface area (Å²) in [6.45, 7) is 6.43. The van der Waals surface area contributed by atoms with Crippen molar-refractivity contribution in [2.45, 2.75) is 44.4 Å². The van der Waals surface area contributed by atoms with Crippen LogP contribution in [0.4, 0.5) is 5.82 Å². The largest absolute Gasteiger partial charge is 0.383 e. The predicted octanol–water partition coefficient (Wildman–Crippen LogP) is 4.20. The van der Waals surface area contributed by atoms with Crippen molar-refractivity contribution in [1.29, 1.82) is 0 Å². The summed E-state index contributed by atoms with van der Waals surface area (Å²) >= 11 is 3.54. The van der Waals surface area contributed by atoms with Crippen molar-refractivity contribution in [3.63, 3.8) is 0 Å². The third-order valence-electron chi connectivity index (χ3n) is 4.09. The SMILES string of the molecule is CC(C)(C)c1nc(C2(c3ccccc3)CC2)nc(N)c1Br. The average Bonchev–Trinajstić information content (AvgIpc) is 3.23. The molecule has 110 valence electrons. The molecule has 2 aromatic rings. The topological polar surface area (TPSA) is 51.8 Å². The predicted molar refractivity (Wildman–Crippen MR) is 89.3 cm³/mol. The number of aromatic nitrogens is 2. The molecule has 1 aromatic heterocycles. The molecule has 1 heterocycles. The van der Waals surface area contributed by atoms with Gasteiger partial charge in [0.15, 0.2) is 0 Å². The Bertz CT molecular complexity index is 670. The summed E-state index contributed by atoms with van der Waals surface area (Å²) in [6.07, 6.45) is 2.17. The highest BCUT2D eigenvalue weighted by molar-refractivity contribution is 9.10. The van der Waals surface area contributed by atoms with Crippen LogP contribution in [0, 0.1) is 0 Å². The second-order valence-corrected chi connectivity index (χ2v) is 7.59. The van der Waals surface area contributed by atoms with E-state index in [4.69, 9.17) is 10.7 Å². The maximum Gasteiger partial charge on any atom is 0.141 e. The van der Waals surface area contributed by atoms with E-state index in [0.29, 0.717) is 5.82 Å². The van der Waals surface area contributed by atoms with Crippen LogP contribution in [0.15, 0.2) is 34.8 Å². The lowest BCUT2D eigenvalue weighted by Gasteiger charge is -2.23. The maximum absolute atomic E-state index is 6.12. The third-order valence-corrected chi connectivity index (χ3v) is 4.87. The van der Waals surface area contributed by atoms with E-state index in [9.17, 15) is 0 Å². The summed E-state index contributed by atoms with van der Waals surface area (Å²) < 4.78 is 0.822. The van der Waals surface area contributed by atoms with Crippen molar-refractivity contribution >= 4 is 21.7 Å². The standard InChI is InChI=1S/C17H20BrN3/c1-16(2,3)13-12(18)14(19)21-15(20-13)17(9-10-17)11-7-5-4-6-8-11/h4-8H,9-10H2,1-3H3,(H2,19,20,21). The van der Waals surface area contributed by atoms with Crippen LogP contribution in [0.5, 0.6) is 0 Å². The van der Waals surface area contributed by atoms with Crippen LogP contribution >= 0.6 is 15.9 Å². The fourth-order valence-corrected chi connectivity index (χ4v) is 3.47. The summed E-state index contributed by atoms with van der Waals surface area (Å²) in [5.74, 6) is 1.39. The molecule has 21 heavy (non-hydrogen) atoms. The Morgan fingerprint density at radius 3 is 2.24 bits per heavy atom. The minimum Gasteiger partial charge on any atom is -0.383 e. The lowest BCUT2D eigenvalue weighted by atomic mass is 9.90. The number of nitrogens with two attached hydrogens (primary N) is 1. The van der Waals surface area contributed by atoms with Crippen molar-refractivity contribution in [3.05, 3.63) is 51.9 Å². The monoisotopic (exact) mass is 345 g/mol. The molecule has 1 aliphatic rings. The Morgan fingerprint density at radius 2 is 1.71 bits per heavy atom. The lowest BCUT2D eigenvalue weighted by molar-refractivity contribution is 0.554. The zero-order valence-electron chi connectivity index (χ0n) is 12.7. The minimum absolute atomic E-state index is 0.0456. The maximum atomic E-state index is 6.12. The first-order valence-corrected chi connectivity index (χ1v) is 8.03. The quantitative estimate of drug-likeness (QED) is 0.887. The van der Waals surface area contributed by atoms with Crippen molar-refractivity contribution < 1.29 is 0 Å². The molecule has 1 aliphatic carbocycles. The average molecular weight is 346 g/mol. The van der Waals surface area contributed by atoms with Gasteiger partial charge in [-0.3, -0.25) is 0 Å². The van der Waals surface area contributed by atoms with Gasteiger partial charge in [0.05, 0.1) is 15.6 Å². The third kappa shape index (κ3) is 2.46. The van der Waals surface area contributed by atoms with E-state index < -0.39 is 0 Å². The number of rotatable bonds is 2. The molecule has 0 radical (unpaired) electrons. The van der Waals surface area contributed by atoms with E-state index in [1.807, 2.05) is 6.07 Å². The summed E-state index contributed by atoms with van der Waals surface area (Å²) in [6, 6.07) is 10.5. The van der Waals surface area contributed by atoms with Gasteiger partial charge in [0.1, 0.15) is 11.6 Å². The van der Waals surface area contributed by atoms with Gasteiger partial charge in [-0.25, -0.2) is 9.97 Å². The van der Waals surface area contributed by atoms with E-state index in [0.717, 1.165) is 28.8 Å². The van der Waals surface area contributed by atoms with E-state index in [1.165, 1.54) is 5.56 Å². The Kier molecular flexibility index (Phi) is 3.32. The molecule has 3 rings (SSSR count). The number of benzene rings is 1. The molecule has 2 N–H and O–H groups in total. The first-order valence-electron chi connectivity index (χ1n) is 7.24. The second-order valence-electron chi connectivity index (χ2n) is 6.79. The van der Waals surface area contributed by atoms with Gasteiger partial charge >= 0.3 is 0 Å². The molecule has 0 aliphatic heterocycles. The van der Waals surface area contributed by atoms with Gasteiger partial charge in [0.25, 0.3) is 0 Å². The first-order chi connectivity index (χ1) is 9.84. The second kappa shape index (κ2) is 4.80. The molecular formula is C17H20BrN3. The van der Waals surface area contributed by atoms with Crippen LogP contribution in [-0.4, -0.2) is 9.97 Å². The summed E-state index contributed by atoms with van der Waals surface area (Å²) in [7, 11) is 0. The molecule has 1 aromatic carbocycles. The molecular weight excluding hydrogens is 326 g/mol. The molecule has 3 nitrogen and oxygen atoms in total. The van der Waals surface area contributed by atoms with Crippen LogP contribution in [0.2, 0.25) is 0 Å². The van der Waals surface area contributed by atoms with Gasteiger partial charge < -0.3 is 5.73 Å². The number of halogens is 1. The molecule has 1 saturated carbocycles. The lowest BCUT2D eigenvalue weighted by Crippen LogP contribution is -2.22. The normalized spacial score (nSPS) is 16.8. The summed E-state index contributed by atoms with van der Waals surface area (Å²) in [4.78, 5) is 9.45. The van der Waals surface area contributed by atoms with Crippen molar-refractivity contribution in [1.82, 2.24) is 9.97 Å². The Labute approximate surface area is 134 Å². The van der Waals surface area contributed by atoms with Crippen LogP contribution in [0.1, 0.15) is 50.7 Å². The van der Waals surface area contributed by atoms with Crippen LogP contribution in [-0.2, 0) is 10.8 Å². The summed E-state index contributed by atoms with van der Waals surface area (Å²) in [5, 5.41) is 0. The van der Waals surface area contributed by atoms with Gasteiger partial charge in [0.2, 0.25) is 0 Å². The number of hydrogen-bond donors (Lipinski definition) is 1. The highest BCUT2D eigenvalue weighted by atomic mass is 79.9. The molecule has 0 amide bonds. The highest BCUT2D eigenvalue weighted by Crippen LogP contribution is 2.52. The molecule has 0 saturated heterocycles. The fourth-order valence-electron chi connectivity index (χ4n) is 2.70. The van der Waals surface area contributed by atoms with Crippen LogP contribution in [0.3, 0.4) is 0 Å². The molecule has 1 fully saturated rings. The van der Waals surface area contributed by atoms with Crippen LogP contribution in [0.25, 0.3) is 0 Å². The highest BCUT2D eigenvalue weighted by Gasteiger charge is 2.49. The number of anilines is 1. The number of nitrogens with zero attached hydrogens (tertiary/aromatic N) is 2. The fraction of sp³-hybridized carbons (Fsp3) is 0.412. The number of nitrogen functional groups attached to an aromatic ring is 1. The Hall–Kier alpha value is -1.42. The number of hydrogen-bond acceptors (Lipinski definition) is 3. The zero-order chi connectivity index (χ0) is 15.3. The van der Waals surface area contributed by atoms with Crippen LogP contribution < -0.4 is 5.73 Å². The van der Waals surface area contributed by atoms with Crippen molar-refractivity contribution in [2.24, 2.45) is 0 Å². The van der Waals surface area contributed by atoms with Crippen molar-refractivity contribution in [2.75, 3.05) is 5.73 Å². The molecule has 0 unspecified atom stereocenters. The van der Waals surface area contributed by atoms with E-state index in [1.54, 1.807) is 0 Å². The smallest absolute Gasteiger partial charge is 0.141 e. The van der Waals surface area contributed by atoms with Gasteiger partial charge in [-0.1, -0.05) is 51.1 Å². The molecule has 0 bridgehead atoms. The first kappa shape index (κ1) is 14.5. The van der Waals surface area contributed by atoms with E-state index >= 15 is 0 Å². The summed E-state index contributed by atoms with van der Waals surface area (Å²) in [5.41, 5.74) is 8.27. The van der Waals surface area contributed by atoms with Gasteiger partial charge in [-0.2, -0.15) is 0 Å². The van der Waals surface area contributed by atoms with E-state index in [2.05, 4.69) is 66.0 Å². The van der Waals surface area contributed by atoms with E-state index in [-0.39, 0.29) is 10.8 Å². The van der Waals surface area contributed by atoms with Gasteiger partial charge in [-0.15, -0.1) is 0 Å². The Morgan fingerprint density at radius 1 is 1.10 bits per heavy atom. The molecule has 0 spiro atoms. The Balaban J connectivity index is 2.14. The van der Waals surface area contributed by atoms with Gasteiger partial charge in [-0.05, 0) is 34.3 Å². The molecule has 0 atom stereocenters.